The lowest BCUT2D eigenvalue weighted by Gasteiger charge is -2.20. The molecule has 1 aliphatic heterocycles. The van der Waals surface area contributed by atoms with Gasteiger partial charge >= 0.3 is 0 Å². The van der Waals surface area contributed by atoms with Crippen LogP contribution in [0.1, 0.15) is 36.0 Å². The molecular formula is C20H25NO2S. The first-order valence-corrected chi connectivity index (χ1v) is 10.3. The maximum absolute atomic E-state index is 12.5. The lowest BCUT2D eigenvalue weighted by molar-refractivity contribution is 0.396. The Kier molecular flexibility index (Phi) is 5.69. The van der Waals surface area contributed by atoms with Crippen LogP contribution in [0.2, 0.25) is 0 Å². The molecule has 3 nitrogen and oxygen atoms in total. The highest BCUT2D eigenvalue weighted by atomic mass is 32.2. The molecule has 0 fully saturated rings. The molecule has 24 heavy (non-hydrogen) atoms. The normalized spacial score (nSPS) is 17.2. The van der Waals surface area contributed by atoms with Crippen molar-refractivity contribution >= 4 is 10.0 Å². The van der Waals surface area contributed by atoms with Crippen LogP contribution in [0.5, 0.6) is 0 Å². The molecule has 2 aromatic rings. The zero-order chi connectivity index (χ0) is 16.8. The van der Waals surface area contributed by atoms with E-state index in [9.17, 15) is 8.42 Å². The topological polar surface area (TPSA) is 37.4 Å². The number of benzene rings is 2. The third kappa shape index (κ3) is 4.46. The molecule has 0 radical (unpaired) electrons. The number of unbranched alkanes of at least 4 members (excludes halogenated alkanes) is 2. The van der Waals surface area contributed by atoms with Crippen molar-refractivity contribution in [1.29, 1.82) is 0 Å². The van der Waals surface area contributed by atoms with Gasteiger partial charge in [0.05, 0.1) is 5.75 Å². The summed E-state index contributed by atoms with van der Waals surface area (Å²) < 4.78 is 26.6. The first-order chi connectivity index (χ1) is 11.6. The van der Waals surface area contributed by atoms with Crippen molar-refractivity contribution in [1.82, 2.24) is 4.31 Å². The standard InChI is InChI=1S/C20H25NO2S/c22-24(23)16-14-19-12-6-7-13-20(19)17-21(24)15-8-2-5-11-18-9-3-1-4-10-18/h1,3-4,6-7,9-10,12-13H,2,5,8,11,14-17H2. The fourth-order valence-corrected chi connectivity index (χ4v) is 4.75. The number of rotatable bonds is 6. The number of fused-ring (bicyclic) bond motifs is 1. The second kappa shape index (κ2) is 7.95. The molecule has 1 heterocycles. The summed E-state index contributed by atoms with van der Waals surface area (Å²) in [6, 6.07) is 18.6. The molecule has 2 aromatic carbocycles. The molecule has 3 rings (SSSR count). The van der Waals surface area contributed by atoms with Crippen LogP contribution in [0, 0.1) is 0 Å². The van der Waals surface area contributed by atoms with Crippen molar-refractivity contribution < 1.29 is 8.42 Å². The summed E-state index contributed by atoms with van der Waals surface area (Å²) in [7, 11) is -3.13. The Labute approximate surface area is 145 Å². The summed E-state index contributed by atoms with van der Waals surface area (Å²) in [6.07, 6.45) is 4.78. The number of aryl methyl sites for hydroxylation is 2. The molecule has 0 saturated heterocycles. The summed E-state index contributed by atoms with van der Waals surface area (Å²) in [4.78, 5) is 0. The first-order valence-electron chi connectivity index (χ1n) is 8.74. The molecule has 0 atom stereocenters. The van der Waals surface area contributed by atoms with Gasteiger partial charge in [0.2, 0.25) is 10.0 Å². The van der Waals surface area contributed by atoms with Crippen molar-refractivity contribution in [2.45, 2.75) is 38.6 Å². The van der Waals surface area contributed by atoms with E-state index in [1.807, 2.05) is 24.3 Å². The second-order valence-electron chi connectivity index (χ2n) is 6.46. The van der Waals surface area contributed by atoms with E-state index in [2.05, 4.69) is 30.3 Å². The zero-order valence-corrected chi connectivity index (χ0v) is 14.8. The van der Waals surface area contributed by atoms with Gasteiger partial charge in [0.25, 0.3) is 0 Å². The molecule has 0 unspecified atom stereocenters. The lowest BCUT2D eigenvalue weighted by Crippen LogP contribution is -2.32. The molecule has 0 aliphatic carbocycles. The van der Waals surface area contributed by atoms with Crippen molar-refractivity contribution in [3.05, 3.63) is 71.3 Å². The van der Waals surface area contributed by atoms with Crippen LogP contribution < -0.4 is 0 Å². The van der Waals surface area contributed by atoms with Gasteiger partial charge in [0, 0.05) is 13.1 Å². The van der Waals surface area contributed by atoms with Crippen LogP contribution in [0.3, 0.4) is 0 Å². The van der Waals surface area contributed by atoms with E-state index in [1.54, 1.807) is 4.31 Å². The Morgan fingerprint density at radius 3 is 2.33 bits per heavy atom. The van der Waals surface area contributed by atoms with Crippen LogP contribution in [-0.2, 0) is 29.4 Å². The van der Waals surface area contributed by atoms with Crippen LogP contribution >= 0.6 is 0 Å². The zero-order valence-electron chi connectivity index (χ0n) is 14.0. The van der Waals surface area contributed by atoms with Gasteiger partial charge < -0.3 is 0 Å². The van der Waals surface area contributed by atoms with E-state index in [1.165, 1.54) is 11.1 Å². The monoisotopic (exact) mass is 343 g/mol. The molecule has 0 saturated carbocycles. The third-order valence-corrected chi connectivity index (χ3v) is 6.52. The molecule has 0 spiro atoms. The molecule has 0 N–H and O–H groups in total. The molecular weight excluding hydrogens is 318 g/mol. The SMILES string of the molecule is O=S1(=O)CCc2ccccc2CN1CCCCCc1ccccc1. The van der Waals surface area contributed by atoms with E-state index >= 15 is 0 Å². The van der Waals surface area contributed by atoms with Gasteiger partial charge in [-0.25, -0.2) is 8.42 Å². The highest BCUT2D eigenvalue weighted by Gasteiger charge is 2.26. The van der Waals surface area contributed by atoms with Crippen LogP contribution in [0.25, 0.3) is 0 Å². The van der Waals surface area contributed by atoms with Gasteiger partial charge in [-0.15, -0.1) is 0 Å². The molecule has 1 aliphatic rings. The average molecular weight is 343 g/mol. The third-order valence-electron chi connectivity index (χ3n) is 4.70. The van der Waals surface area contributed by atoms with E-state index in [4.69, 9.17) is 0 Å². The number of hydrogen-bond acceptors (Lipinski definition) is 2. The summed E-state index contributed by atoms with van der Waals surface area (Å²) >= 11 is 0. The van der Waals surface area contributed by atoms with E-state index in [0.29, 0.717) is 19.5 Å². The fraction of sp³-hybridized carbons (Fsp3) is 0.400. The predicted octanol–water partition coefficient (Wildman–Crippen LogP) is 3.79. The minimum atomic E-state index is -3.13. The summed E-state index contributed by atoms with van der Waals surface area (Å²) in [5.41, 5.74) is 3.68. The number of hydrogen-bond donors (Lipinski definition) is 0. The molecule has 0 amide bonds. The van der Waals surface area contributed by atoms with Gasteiger partial charge in [-0.1, -0.05) is 61.0 Å². The summed E-state index contributed by atoms with van der Waals surface area (Å²) in [6.45, 7) is 1.16. The Morgan fingerprint density at radius 2 is 1.54 bits per heavy atom. The van der Waals surface area contributed by atoms with Crippen LogP contribution in [0.4, 0.5) is 0 Å². The van der Waals surface area contributed by atoms with Gasteiger partial charge in [-0.05, 0) is 42.4 Å². The molecule has 0 bridgehead atoms. The van der Waals surface area contributed by atoms with E-state index in [-0.39, 0.29) is 5.75 Å². The van der Waals surface area contributed by atoms with Crippen LogP contribution in [-0.4, -0.2) is 25.0 Å². The van der Waals surface area contributed by atoms with Crippen molar-refractivity contribution in [2.75, 3.05) is 12.3 Å². The van der Waals surface area contributed by atoms with Gasteiger partial charge in [-0.2, -0.15) is 4.31 Å². The summed E-state index contributed by atoms with van der Waals surface area (Å²) in [5.74, 6) is 0.230. The van der Waals surface area contributed by atoms with Gasteiger partial charge in [0.1, 0.15) is 0 Å². The minimum Gasteiger partial charge on any atom is -0.212 e. The van der Waals surface area contributed by atoms with Crippen molar-refractivity contribution in [3.8, 4) is 0 Å². The number of sulfonamides is 1. The molecule has 0 aromatic heterocycles. The highest BCUT2D eigenvalue weighted by molar-refractivity contribution is 7.89. The first kappa shape index (κ1) is 17.2. The Bertz CT molecular complexity index is 756. The Morgan fingerprint density at radius 1 is 0.833 bits per heavy atom. The summed E-state index contributed by atoms with van der Waals surface area (Å²) in [5, 5.41) is 0. The fourth-order valence-electron chi connectivity index (χ4n) is 3.27. The van der Waals surface area contributed by atoms with E-state index < -0.39 is 10.0 Å². The minimum absolute atomic E-state index is 0.230. The predicted molar refractivity (Wildman–Crippen MR) is 98.3 cm³/mol. The van der Waals surface area contributed by atoms with Crippen LogP contribution in [0.15, 0.2) is 54.6 Å². The molecule has 4 heteroatoms. The quantitative estimate of drug-likeness (QED) is 0.749. The Hall–Kier alpha value is -1.65. The van der Waals surface area contributed by atoms with Gasteiger partial charge in [-0.3, -0.25) is 0 Å². The van der Waals surface area contributed by atoms with E-state index in [0.717, 1.165) is 31.2 Å². The van der Waals surface area contributed by atoms with Gasteiger partial charge in [0.15, 0.2) is 0 Å². The maximum Gasteiger partial charge on any atom is 0.214 e. The number of nitrogens with zero attached hydrogens (tertiary/aromatic N) is 1. The second-order valence-corrected chi connectivity index (χ2v) is 8.55. The Balaban J connectivity index is 1.52. The smallest absolute Gasteiger partial charge is 0.212 e. The molecule has 128 valence electrons. The largest absolute Gasteiger partial charge is 0.214 e. The van der Waals surface area contributed by atoms with Crippen molar-refractivity contribution in [3.63, 3.8) is 0 Å². The average Bonchev–Trinajstić information content (AvgIpc) is 2.72. The lowest BCUT2D eigenvalue weighted by atomic mass is 10.1. The highest BCUT2D eigenvalue weighted by Crippen LogP contribution is 2.21. The van der Waals surface area contributed by atoms with Crippen molar-refractivity contribution in [2.24, 2.45) is 0 Å². The maximum atomic E-state index is 12.5.